The topological polar surface area (TPSA) is 32.3 Å². The summed E-state index contributed by atoms with van der Waals surface area (Å²) in [5, 5.41) is 1.67. The minimum atomic E-state index is -3.10. The largest absolute Gasteiger partial charge is 0.336 e. The Morgan fingerprint density at radius 3 is 2.57 bits per heavy atom. The lowest BCUT2D eigenvalue weighted by atomic mass is 10.2. The second-order valence-electron chi connectivity index (χ2n) is 2.61. The third-order valence-electron chi connectivity index (χ3n) is 1.68. The molecule has 3 heteroatoms. The molecule has 0 atom stereocenters. The van der Waals surface area contributed by atoms with Crippen LogP contribution in [0.1, 0.15) is 21.3 Å². The number of carbonyl (C=O) groups excluding carboxylic acids is 1. The molecule has 1 saturated heterocycles. The zero-order valence-electron chi connectivity index (χ0n) is 15.2. The Labute approximate surface area is 95.0 Å². The van der Waals surface area contributed by atoms with Gasteiger partial charge in [0.05, 0.1) is 5.48 Å². The summed E-state index contributed by atoms with van der Waals surface area (Å²) in [4.78, 5) is 12.5. The first-order valence-corrected chi connectivity index (χ1v) is 4.04. The van der Waals surface area contributed by atoms with Gasteiger partial charge in [-0.2, -0.15) is 0 Å². The molecule has 1 aliphatic heterocycles. The van der Waals surface area contributed by atoms with Crippen LogP contribution in [0.3, 0.4) is 0 Å². The predicted molar refractivity (Wildman–Crippen MR) is 55.2 cm³/mol. The molecule has 1 aromatic rings. The van der Waals surface area contributed by atoms with E-state index in [-0.39, 0.29) is 10.5 Å². The van der Waals surface area contributed by atoms with Gasteiger partial charge in [0.1, 0.15) is 0 Å². The summed E-state index contributed by atoms with van der Waals surface area (Å²) >= 11 is 0. The van der Waals surface area contributed by atoms with Crippen molar-refractivity contribution < 1.29 is 15.8 Å². The Morgan fingerprint density at radius 2 is 1.93 bits per heavy atom. The maximum Gasteiger partial charge on any atom is 0.253 e. The van der Waals surface area contributed by atoms with Crippen molar-refractivity contribution in [1.82, 2.24) is 10.2 Å². The molecule has 2 rings (SSSR count). The number of nitrogens with one attached hydrogen (secondary N) is 1. The molecule has 14 heavy (non-hydrogen) atoms. The second kappa shape index (κ2) is 4.24. The van der Waals surface area contributed by atoms with E-state index in [0.29, 0.717) is 0 Å². The molecule has 1 fully saturated rings. The third-order valence-corrected chi connectivity index (χ3v) is 1.68. The normalized spacial score (nSPS) is 39.6. The fourth-order valence-electron chi connectivity index (χ4n) is 1.04. The third kappa shape index (κ3) is 1.93. The number of carbonyl (C=O) groups is 1. The van der Waals surface area contributed by atoms with E-state index in [1.807, 2.05) is 0 Å². The van der Waals surface area contributed by atoms with Gasteiger partial charge in [-0.25, -0.2) is 0 Å². The van der Waals surface area contributed by atoms with Crippen molar-refractivity contribution in [3.8, 4) is 0 Å². The lowest BCUT2D eigenvalue weighted by Crippen LogP contribution is -2.46. The molecule has 1 amide bonds. The summed E-state index contributed by atoms with van der Waals surface area (Å²) in [5.41, 5.74) is -0.0660. The number of nitrogens with zero attached hydrogens (tertiary/aromatic N) is 1. The molecular formula is C11H14N2O. The lowest BCUT2D eigenvalue weighted by Gasteiger charge is -2.27. The molecule has 0 saturated carbocycles. The van der Waals surface area contributed by atoms with Crippen LogP contribution in [-0.4, -0.2) is 36.8 Å². The molecular weight excluding hydrogens is 176 g/mol. The predicted octanol–water partition coefficient (Wildman–Crippen LogP) is 0.732. The molecule has 0 spiro atoms. The first kappa shape index (κ1) is 3.66. The van der Waals surface area contributed by atoms with Crippen molar-refractivity contribution in [3.05, 3.63) is 35.9 Å². The van der Waals surface area contributed by atoms with Crippen LogP contribution >= 0.6 is 0 Å². The molecule has 1 N–H and O–H groups in total. The van der Waals surface area contributed by atoms with Crippen LogP contribution < -0.4 is 5.32 Å². The molecule has 0 aliphatic carbocycles. The van der Waals surface area contributed by atoms with E-state index in [9.17, 15) is 4.79 Å². The first-order chi connectivity index (χ1) is 9.84. The summed E-state index contributed by atoms with van der Waals surface area (Å²) < 4.78 is 61.8. The van der Waals surface area contributed by atoms with Gasteiger partial charge < -0.3 is 10.2 Å². The van der Waals surface area contributed by atoms with Crippen molar-refractivity contribution in [2.45, 2.75) is 0 Å². The highest BCUT2D eigenvalue weighted by Crippen LogP contribution is 2.05. The number of benzene rings is 1. The Bertz CT molecular complexity index is 563. The maximum absolute atomic E-state index is 12.5. The van der Waals surface area contributed by atoms with Crippen LogP contribution in [0, 0.1) is 0 Å². The minimum Gasteiger partial charge on any atom is -0.336 e. The fraction of sp³-hybridized carbons (Fsp3) is 0.364. The Hall–Kier alpha value is -1.35. The molecule has 0 radical (unpaired) electrons. The number of hydrogen-bond donors (Lipinski definition) is 1. The fourth-order valence-corrected chi connectivity index (χ4v) is 1.04. The highest BCUT2D eigenvalue weighted by Gasteiger charge is 2.16. The molecule has 1 heterocycles. The summed E-state index contributed by atoms with van der Waals surface area (Å²) in [5.74, 6) is -1.13. The number of rotatable bonds is 1. The van der Waals surface area contributed by atoms with Crippen LogP contribution in [0.5, 0.6) is 0 Å². The lowest BCUT2D eigenvalue weighted by molar-refractivity contribution is 0.0736. The van der Waals surface area contributed by atoms with Gasteiger partial charge in [0.2, 0.25) is 0 Å². The van der Waals surface area contributed by atoms with Gasteiger partial charge in [-0.15, -0.1) is 0 Å². The second-order valence-corrected chi connectivity index (χ2v) is 2.61. The van der Waals surface area contributed by atoms with E-state index >= 15 is 0 Å². The van der Waals surface area contributed by atoms with Gasteiger partial charge in [0, 0.05) is 37.0 Å². The van der Waals surface area contributed by atoms with E-state index in [4.69, 9.17) is 11.0 Å². The molecule has 3 nitrogen and oxygen atoms in total. The molecule has 74 valence electrons. The SMILES string of the molecule is [2H]C1([2H])NC([2H])([2H])C([2H])([2H])N(C(=O)c2ccccc2)C1([2H])[2H]. The van der Waals surface area contributed by atoms with Crippen molar-refractivity contribution in [2.24, 2.45) is 0 Å². The molecule has 1 aliphatic rings. The quantitative estimate of drug-likeness (QED) is 0.721. The number of piperazine rings is 1. The first-order valence-electron chi connectivity index (χ1n) is 8.04. The average Bonchev–Trinajstić information content (AvgIpc) is 2.36. The Morgan fingerprint density at radius 1 is 1.29 bits per heavy atom. The summed E-state index contributed by atoms with van der Waals surface area (Å²) in [6.07, 6.45) is 0. The van der Waals surface area contributed by atoms with Gasteiger partial charge in [0.15, 0.2) is 0 Å². The Kier molecular flexibility index (Phi) is 1.11. The van der Waals surface area contributed by atoms with Crippen molar-refractivity contribution in [1.29, 1.82) is 0 Å². The molecule has 0 aromatic heterocycles. The van der Waals surface area contributed by atoms with Gasteiger partial charge in [-0.1, -0.05) is 18.2 Å². The van der Waals surface area contributed by atoms with E-state index < -0.39 is 31.9 Å². The van der Waals surface area contributed by atoms with Gasteiger partial charge in [0.25, 0.3) is 5.91 Å². The van der Waals surface area contributed by atoms with Crippen LogP contribution in [-0.2, 0) is 0 Å². The number of hydrogen-bond acceptors (Lipinski definition) is 2. The molecule has 0 bridgehead atoms. The van der Waals surface area contributed by atoms with Crippen LogP contribution in [0.25, 0.3) is 0 Å². The highest BCUT2D eigenvalue weighted by atomic mass is 16.2. The van der Waals surface area contributed by atoms with Crippen LogP contribution in [0.4, 0.5) is 0 Å². The standard InChI is InChI=1S/C11H14N2O/c14-11(10-4-2-1-3-5-10)13-8-6-12-7-9-13/h1-5,12H,6-9H2/i6D2,7D2,8D2,9D2. The minimum absolute atomic E-state index is 0.00810. The van der Waals surface area contributed by atoms with E-state index in [1.54, 1.807) is 11.4 Å². The Balaban J connectivity index is 2.60. The van der Waals surface area contributed by atoms with Crippen LogP contribution in [0.2, 0.25) is 0 Å². The van der Waals surface area contributed by atoms with E-state index in [1.165, 1.54) is 24.3 Å². The monoisotopic (exact) mass is 198 g/mol. The van der Waals surface area contributed by atoms with Crippen molar-refractivity contribution >= 4 is 5.91 Å². The maximum atomic E-state index is 12.5. The van der Waals surface area contributed by atoms with Crippen LogP contribution in [0.15, 0.2) is 30.3 Å². The van der Waals surface area contributed by atoms with Gasteiger partial charge >= 0.3 is 0 Å². The zero-order chi connectivity index (χ0) is 17.0. The summed E-state index contributed by atoms with van der Waals surface area (Å²) in [6.45, 7) is -12.2. The summed E-state index contributed by atoms with van der Waals surface area (Å²) in [7, 11) is 0. The highest BCUT2D eigenvalue weighted by molar-refractivity contribution is 5.94. The van der Waals surface area contributed by atoms with E-state index in [0.717, 1.165) is 0 Å². The van der Waals surface area contributed by atoms with Gasteiger partial charge in [-0.3, -0.25) is 4.79 Å². The molecule has 1 aromatic carbocycles. The zero-order valence-corrected chi connectivity index (χ0v) is 7.24. The van der Waals surface area contributed by atoms with Crippen molar-refractivity contribution in [2.75, 3.05) is 26.0 Å². The van der Waals surface area contributed by atoms with Gasteiger partial charge in [-0.05, 0) is 12.1 Å². The summed E-state index contributed by atoms with van der Waals surface area (Å²) in [6, 6.07) is 7.23. The number of amides is 1. The smallest absolute Gasteiger partial charge is 0.253 e. The van der Waals surface area contributed by atoms with Crippen molar-refractivity contribution in [3.63, 3.8) is 0 Å². The average molecular weight is 198 g/mol. The van der Waals surface area contributed by atoms with E-state index in [2.05, 4.69) is 0 Å². The molecule has 0 unspecified atom stereocenters.